The lowest BCUT2D eigenvalue weighted by molar-refractivity contribution is -0.145. The second-order valence-corrected chi connectivity index (χ2v) is 6.39. The molecule has 2 amide bonds. The van der Waals surface area contributed by atoms with E-state index in [1.165, 1.54) is 5.38 Å². The largest absolute Gasteiger partial charge is 0.481 e. The zero-order chi connectivity index (χ0) is 19.8. The van der Waals surface area contributed by atoms with Crippen LogP contribution in [0.4, 0.5) is 5.13 Å². The molecule has 0 aliphatic carbocycles. The highest BCUT2D eigenvalue weighted by Crippen LogP contribution is 2.16. The van der Waals surface area contributed by atoms with Gasteiger partial charge in [0.2, 0.25) is 5.91 Å². The SMILES string of the molecule is O=C(O)CC(NC(=O)c1csc(NC(=O)CCc2ccccc2)n1)C(=O)O. The minimum atomic E-state index is -1.57. The molecule has 0 saturated carbocycles. The third-order valence-corrected chi connectivity index (χ3v) is 4.21. The number of carboxylic acid groups (broad SMARTS) is 2. The molecule has 1 atom stereocenters. The number of aliphatic carboxylic acids is 2. The molecule has 27 heavy (non-hydrogen) atoms. The Morgan fingerprint density at radius 1 is 1.11 bits per heavy atom. The average Bonchev–Trinajstić information content (AvgIpc) is 3.08. The van der Waals surface area contributed by atoms with Crippen molar-refractivity contribution in [3.8, 4) is 0 Å². The molecule has 0 bridgehead atoms. The number of anilines is 1. The minimum absolute atomic E-state index is 0.102. The molecule has 0 spiro atoms. The summed E-state index contributed by atoms with van der Waals surface area (Å²) in [6.45, 7) is 0. The van der Waals surface area contributed by atoms with Crippen molar-refractivity contribution in [2.75, 3.05) is 5.32 Å². The zero-order valence-corrected chi connectivity index (χ0v) is 14.9. The first-order chi connectivity index (χ1) is 12.8. The third kappa shape index (κ3) is 6.51. The maximum absolute atomic E-state index is 12.0. The summed E-state index contributed by atoms with van der Waals surface area (Å²) >= 11 is 1.01. The maximum Gasteiger partial charge on any atom is 0.326 e. The van der Waals surface area contributed by atoms with E-state index in [2.05, 4.69) is 15.6 Å². The molecule has 0 saturated heterocycles. The van der Waals surface area contributed by atoms with Crippen molar-refractivity contribution < 1.29 is 29.4 Å². The Hall–Kier alpha value is -3.27. The number of carbonyl (C=O) groups is 4. The van der Waals surface area contributed by atoms with Crippen LogP contribution < -0.4 is 10.6 Å². The lowest BCUT2D eigenvalue weighted by Gasteiger charge is -2.10. The molecule has 2 rings (SSSR count). The summed E-state index contributed by atoms with van der Waals surface area (Å²) in [5, 5.41) is 23.8. The van der Waals surface area contributed by atoms with Gasteiger partial charge in [-0.05, 0) is 12.0 Å². The Morgan fingerprint density at radius 2 is 1.81 bits per heavy atom. The molecule has 0 radical (unpaired) electrons. The Morgan fingerprint density at radius 3 is 2.44 bits per heavy atom. The number of nitrogens with zero attached hydrogens (tertiary/aromatic N) is 1. The van der Waals surface area contributed by atoms with Crippen LogP contribution in [0.3, 0.4) is 0 Å². The van der Waals surface area contributed by atoms with Gasteiger partial charge in [-0.3, -0.25) is 14.4 Å². The van der Waals surface area contributed by atoms with Gasteiger partial charge in [-0.2, -0.15) is 0 Å². The van der Waals surface area contributed by atoms with Crippen molar-refractivity contribution in [1.29, 1.82) is 0 Å². The normalized spacial score (nSPS) is 11.4. The van der Waals surface area contributed by atoms with Crippen LogP contribution in [0.5, 0.6) is 0 Å². The van der Waals surface area contributed by atoms with Crippen molar-refractivity contribution in [1.82, 2.24) is 10.3 Å². The number of amides is 2. The van der Waals surface area contributed by atoms with E-state index in [0.29, 0.717) is 6.42 Å². The second kappa shape index (κ2) is 9.43. The molecule has 1 aromatic carbocycles. The summed E-state index contributed by atoms with van der Waals surface area (Å²) in [6.07, 6.45) is 0.0417. The molecule has 1 aromatic heterocycles. The van der Waals surface area contributed by atoms with E-state index in [4.69, 9.17) is 10.2 Å². The van der Waals surface area contributed by atoms with Gasteiger partial charge in [0.25, 0.3) is 5.91 Å². The average molecular weight is 391 g/mol. The number of hydrogen-bond donors (Lipinski definition) is 4. The van der Waals surface area contributed by atoms with Crippen molar-refractivity contribution in [2.24, 2.45) is 0 Å². The standard InChI is InChI=1S/C17H17N3O6S/c21-13(7-6-10-4-2-1-3-5-10)20-17-19-12(9-27-17)15(24)18-11(16(25)26)8-14(22)23/h1-5,9,11H,6-8H2,(H,18,24)(H,22,23)(H,25,26)(H,19,20,21). The molecule has 2 aromatic rings. The Kier molecular flexibility index (Phi) is 7.00. The summed E-state index contributed by atoms with van der Waals surface area (Å²) in [6, 6.07) is 7.91. The van der Waals surface area contributed by atoms with Crippen molar-refractivity contribution in [3.05, 3.63) is 47.0 Å². The second-order valence-electron chi connectivity index (χ2n) is 5.53. The van der Waals surface area contributed by atoms with E-state index in [1.54, 1.807) is 0 Å². The van der Waals surface area contributed by atoms with Gasteiger partial charge in [-0.1, -0.05) is 30.3 Å². The molecule has 4 N–H and O–H groups in total. The molecular formula is C17H17N3O6S. The van der Waals surface area contributed by atoms with Gasteiger partial charge >= 0.3 is 11.9 Å². The molecule has 1 unspecified atom stereocenters. The molecule has 0 aliphatic rings. The van der Waals surface area contributed by atoms with E-state index in [9.17, 15) is 19.2 Å². The van der Waals surface area contributed by atoms with Crippen LogP contribution in [0.2, 0.25) is 0 Å². The molecular weight excluding hydrogens is 374 g/mol. The summed E-state index contributed by atoms with van der Waals surface area (Å²) in [4.78, 5) is 49.5. The number of rotatable bonds is 9. The van der Waals surface area contributed by atoms with E-state index >= 15 is 0 Å². The van der Waals surface area contributed by atoms with Gasteiger partial charge in [0.15, 0.2) is 5.13 Å². The summed E-state index contributed by atoms with van der Waals surface area (Å²) in [5.41, 5.74) is 0.917. The number of aromatic nitrogens is 1. The topological polar surface area (TPSA) is 146 Å². The molecule has 142 valence electrons. The Balaban J connectivity index is 1.89. The highest BCUT2D eigenvalue weighted by atomic mass is 32.1. The Bertz CT molecular complexity index is 836. The highest BCUT2D eigenvalue weighted by Gasteiger charge is 2.24. The summed E-state index contributed by atoms with van der Waals surface area (Å²) in [5.74, 6) is -3.91. The smallest absolute Gasteiger partial charge is 0.326 e. The van der Waals surface area contributed by atoms with Gasteiger partial charge in [-0.15, -0.1) is 11.3 Å². The van der Waals surface area contributed by atoms with Crippen LogP contribution in [0, 0.1) is 0 Å². The highest BCUT2D eigenvalue weighted by molar-refractivity contribution is 7.14. The Labute approximate surface area is 158 Å². The number of thiazole rings is 1. The van der Waals surface area contributed by atoms with Crippen LogP contribution in [-0.2, 0) is 20.8 Å². The first-order valence-corrected chi connectivity index (χ1v) is 8.78. The number of hydrogen-bond acceptors (Lipinski definition) is 6. The van der Waals surface area contributed by atoms with Crippen molar-refractivity contribution >= 4 is 40.2 Å². The van der Waals surface area contributed by atoms with E-state index in [1.807, 2.05) is 30.3 Å². The van der Waals surface area contributed by atoms with E-state index < -0.39 is 30.3 Å². The number of nitrogens with one attached hydrogen (secondary N) is 2. The fourth-order valence-corrected chi connectivity index (χ4v) is 2.83. The van der Waals surface area contributed by atoms with E-state index in [-0.39, 0.29) is 23.2 Å². The fraction of sp³-hybridized carbons (Fsp3) is 0.235. The third-order valence-electron chi connectivity index (χ3n) is 3.45. The number of benzene rings is 1. The van der Waals surface area contributed by atoms with Gasteiger partial charge in [-0.25, -0.2) is 9.78 Å². The first-order valence-electron chi connectivity index (χ1n) is 7.90. The van der Waals surface area contributed by atoms with Crippen LogP contribution in [0.15, 0.2) is 35.7 Å². The quantitative estimate of drug-likeness (QED) is 0.505. The van der Waals surface area contributed by atoms with Crippen LogP contribution >= 0.6 is 11.3 Å². The predicted molar refractivity (Wildman–Crippen MR) is 96.6 cm³/mol. The van der Waals surface area contributed by atoms with E-state index in [0.717, 1.165) is 16.9 Å². The molecule has 10 heteroatoms. The summed E-state index contributed by atoms with van der Waals surface area (Å²) < 4.78 is 0. The predicted octanol–water partition coefficient (Wildman–Crippen LogP) is 1.37. The van der Waals surface area contributed by atoms with Gasteiger partial charge in [0.05, 0.1) is 6.42 Å². The molecule has 0 fully saturated rings. The summed E-state index contributed by atoms with van der Waals surface area (Å²) in [7, 11) is 0. The molecule has 0 aliphatic heterocycles. The molecule has 9 nitrogen and oxygen atoms in total. The molecule has 1 heterocycles. The number of aryl methyl sites for hydroxylation is 1. The minimum Gasteiger partial charge on any atom is -0.481 e. The first kappa shape index (κ1) is 20.0. The van der Waals surface area contributed by atoms with Gasteiger partial charge < -0.3 is 20.8 Å². The monoisotopic (exact) mass is 391 g/mol. The lowest BCUT2D eigenvalue weighted by atomic mass is 10.1. The van der Waals surface area contributed by atoms with Crippen LogP contribution in [0.25, 0.3) is 0 Å². The number of carboxylic acids is 2. The maximum atomic E-state index is 12.0. The van der Waals surface area contributed by atoms with Crippen LogP contribution in [-0.4, -0.2) is 45.0 Å². The zero-order valence-electron chi connectivity index (χ0n) is 14.0. The fourth-order valence-electron chi connectivity index (χ4n) is 2.13. The lowest BCUT2D eigenvalue weighted by Crippen LogP contribution is -2.42. The number of carbonyl (C=O) groups excluding carboxylic acids is 2. The van der Waals surface area contributed by atoms with Crippen molar-refractivity contribution in [2.45, 2.75) is 25.3 Å². The van der Waals surface area contributed by atoms with Crippen molar-refractivity contribution in [3.63, 3.8) is 0 Å². The van der Waals surface area contributed by atoms with Gasteiger partial charge in [0.1, 0.15) is 11.7 Å². The van der Waals surface area contributed by atoms with Crippen LogP contribution in [0.1, 0.15) is 28.9 Å². The van der Waals surface area contributed by atoms with Gasteiger partial charge in [0, 0.05) is 11.8 Å².